The Labute approximate surface area is 169 Å². The average Bonchev–Trinajstić information content (AvgIpc) is 2.78. The normalized spacial score (nSPS) is 10.3. The highest BCUT2D eigenvalue weighted by Crippen LogP contribution is 2.30. The standard InChI is InChI=1S/C21H23N5O3/c1-26(13-10-15-8-11-22-12-9-15)21(27)17-5-7-20(25-24-17)23-18-14-16(28-2)4-6-19(18)29-3/h4-9,11-12,14H,10,13H2,1-3H3,(H,23,25). The van der Waals surface area contributed by atoms with Crippen molar-refractivity contribution in [2.75, 3.05) is 33.1 Å². The molecule has 0 bridgehead atoms. The van der Waals surface area contributed by atoms with Gasteiger partial charge in [-0.3, -0.25) is 9.78 Å². The number of nitrogens with zero attached hydrogens (tertiary/aromatic N) is 4. The lowest BCUT2D eigenvalue weighted by atomic mass is 10.2. The summed E-state index contributed by atoms with van der Waals surface area (Å²) in [7, 11) is 4.93. The highest BCUT2D eigenvalue weighted by atomic mass is 16.5. The maximum atomic E-state index is 12.6. The molecule has 1 N–H and O–H groups in total. The number of benzene rings is 1. The summed E-state index contributed by atoms with van der Waals surface area (Å²) in [6.45, 7) is 0.575. The summed E-state index contributed by atoms with van der Waals surface area (Å²) < 4.78 is 10.6. The number of hydrogen-bond acceptors (Lipinski definition) is 7. The van der Waals surface area contributed by atoms with Gasteiger partial charge in [0.2, 0.25) is 0 Å². The van der Waals surface area contributed by atoms with Crippen molar-refractivity contribution in [2.45, 2.75) is 6.42 Å². The zero-order valence-corrected chi connectivity index (χ0v) is 16.6. The van der Waals surface area contributed by atoms with E-state index >= 15 is 0 Å². The van der Waals surface area contributed by atoms with E-state index in [-0.39, 0.29) is 11.6 Å². The second-order valence-corrected chi connectivity index (χ2v) is 6.33. The van der Waals surface area contributed by atoms with Gasteiger partial charge in [-0.25, -0.2) is 0 Å². The fraction of sp³-hybridized carbons (Fsp3) is 0.238. The fourth-order valence-electron chi connectivity index (χ4n) is 2.71. The molecule has 2 heterocycles. The number of carbonyl (C=O) groups excluding carboxylic acids is 1. The highest BCUT2D eigenvalue weighted by Gasteiger charge is 2.14. The maximum Gasteiger partial charge on any atom is 0.274 e. The topological polar surface area (TPSA) is 89.5 Å². The number of methoxy groups -OCH3 is 2. The van der Waals surface area contributed by atoms with Gasteiger partial charge in [-0.2, -0.15) is 0 Å². The third-order valence-electron chi connectivity index (χ3n) is 4.38. The van der Waals surface area contributed by atoms with Crippen LogP contribution in [-0.4, -0.2) is 53.8 Å². The number of likely N-dealkylation sites (N-methyl/N-ethyl adjacent to an activating group) is 1. The molecule has 29 heavy (non-hydrogen) atoms. The first-order chi connectivity index (χ1) is 14.1. The SMILES string of the molecule is COc1ccc(OC)c(Nc2ccc(C(=O)N(C)CCc3ccncc3)nn2)c1. The van der Waals surface area contributed by atoms with Crippen molar-refractivity contribution in [1.29, 1.82) is 0 Å². The first-order valence-corrected chi connectivity index (χ1v) is 9.08. The molecule has 0 aliphatic rings. The maximum absolute atomic E-state index is 12.6. The van der Waals surface area contributed by atoms with E-state index in [1.807, 2.05) is 12.1 Å². The Morgan fingerprint density at radius 2 is 1.83 bits per heavy atom. The van der Waals surface area contributed by atoms with E-state index in [0.29, 0.717) is 29.5 Å². The lowest BCUT2D eigenvalue weighted by molar-refractivity contribution is 0.0789. The summed E-state index contributed by atoms with van der Waals surface area (Å²) in [5.41, 5.74) is 2.09. The summed E-state index contributed by atoms with van der Waals surface area (Å²) >= 11 is 0. The molecule has 0 saturated carbocycles. The summed E-state index contributed by atoms with van der Waals surface area (Å²) in [6, 6.07) is 12.6. The average molecular weight is 393 g/mol. The molecule has 8 nitrogen and oxygen atoms in total. The second-order valence-electron chi connectivity index (χ2n) is 6.33. The molecule has 0 aliphatic carbocycles. The van der Waals surface area contributed by atoms with Gasteiger partial charge in [0.15, 0.2) is 11.5 Å². The number of hydrogen-bond donors (Lipinski definition) is 1. The smallest absolute Gasteiger partial charge is 0.274 e. The molecule has 1 amide bonds. The second kappa shape index (κ2) is 9.50. The zero-order chi connectivity index (χ0) is 20.6. The predicted molar refractivity (Wildman–Crippen MR) is 110 cm³/mol. The van der Waals surface area contributed by atoms with Crippen LogP contribution < -0.4 is 14.8 Å². The van der Waals surface area contributed by atoms with Crippen LogP contribution in [0.2, 0.25) is 0 Å². The molecule has 8 heteroatoms. The van der Waals surface area contributed by atoms with Crippen molar-refractivity contribution in [1.82, 2.24) is 20.1 Å². The Morgan fingerprint density at radius 3 is 2.48 bits per heavy atom. The van der Waals surface area contributed by atoms with Crippen LogP contribution in [0.3, 0.4) is 0 Å². The Morgan fingerprint density at radius 1 is 1.03 bits per heavy atom. The van der Waals surface area contributed by atoms with Crippen molar-refractivity contribution >= 4 is 17.4 Å². The van der Waals surface area contributed by atoms with Crippen molar-refractivity contribution < 1.29 is 14.3 Å². The lowest BCUT2D eigenvalue weighted by Gasteiger charge is -2.16. The number of amides is 1. The monoisotopic (exact) mass is 393 g/mol. The van der Waals surface area contributed by atoms with Gasteiger partial charge in [0, 0.05) is 32.1 Å². The third kappa shape index (κ3) is 5.19. The van der Waals surface area contributed by atoms with Crippen LogP contribution in [0.25, 0.3) is 0 Å². The van der Waals surface area contributed by atoms with Crippen molar-refractivity contribution in [3.8, 4) is 11.5 Å². The Kier molecular flexibility index (Phi) is 6.57. The van der Waals surface area contributed by atoms with E-state index in [2.05, 4.69) is 20.5 Å². The molecule has 0 saturated heterocycles. The largest absolute Gasteiger partial charge is 0.497 e. The van der Waals surface area contributed by atoms with Gasteiger partial charge >= 0.3 is 0 Å². The molecule has 1 aromatic carbocycles. The van der Waals surface area contributed by atoms with Crippen LogP contribution in [0.1, 0.15) is 16.1 Å². The number of aromatic nitrogens is 3. The van der Waals surface area contributed by atoms with Gasteiger partial charge in [-0.1, -0.05) is 0 Å². The van der Waals surface area contributed by atoms with Gasteiger partial charge in [0.05, 0.1) is 19.9 Å². The molecule has 3 rings (SSSR count). The number of nitrogens with one attached hydrogen (secondary N) is 1. The van der Waals surface area contributed by atoms with Crippen molar-refractivity contribution in [3.63, 3.8) is 0 Å². The summed E-state index contributed by atoms with van der Waals surface area (Å²) in [5, 5.41) is 11.3. The van der Waals surface area contributed by atoms with Crippen LogP contribution in [0.4, 0.5) is 11.5 Å². The molecule has 0 fully saturated rings. The minimum atomic E-state index is -0.183. The summed E-state index contributed by atoms with van der Waals surface area (Å²) in [5.74, 6) is 1.64. The number of pyridine rings is 1. The first-order valence-electron chi connectivity index (χ1n) is 9.08. The third-order valence-corrected chi connectivity index (χ3v) is 4.38. The molecule has 150 valence electrons. The van der Waals surface area contributed by atoms with Gasteiger partial charge < -0.3 is 19.7 Å². The van der Waals surface area contributed by atoms with Gasteiger partial charge in [-0.15, -0.1) is 10.2 Å². The van der Waals surface area contributed by atoms with E-state index in [1.165, 1.54) is 0 Å². The van der Waals surface area contributed by atoms with E-state index in [9.17, 15) is 4.79 Å². The number of carbonyl (C=O) groups is 1. The quantitative estimate of drug-likeness (QED) is 0.629. The lowest BCUT2D eigenvalue weighted by Crippen LogP contribution is -2.29. The van der Waals surface area contributed by atoms with Crippen molar-refractivity contribution in [3.05, 3.63) is 66.1 Å². The summed E-state index contributed by atoms with van der Waals surface area (Å²) in [6.07, 6.45) is 4.23. The number of rotatable bonds is 8. The predicted octanol–water partition coefficient (Wildman–Crippen LogP) is 2.95. The number of anilines is 2. The molecular weight excluding hydrogens is 370 g/mol. The molecule has 0 spiro atoms. The van der Waals surface area contributed by atoms with Crippen LogP contribution >= 0.6 is 0 Å². The molecule has 0 atom stereocenters. The molecular formula is C21H23N5O3. The summed E-state index contributed by atoms with van der Waals surface area (Å²) in [4.78, 5) is 18.2. The molecule has 0 unspecified atom stereocenters. The van der Waals surface area contributed by atoms with E-state index in [1.54, 1.807) is 68.9 Å². The Bertz CT molecular complexity index is 948. The molecule has 3 aromatic rings. The van der Waals surface area contributed by atoms with Crippen LogP contribution in [0.15, 0.2) is 54.9 Å². The van der Waals surface area contributed by atoms with E-state index in [0.717, 1.165) is 12.0 Å². The molecule has 2 aromatic heterocycles. The molecule has 0 aliphatic heterocycles. The van der Waals surface area contributed by atoms with Gasteiger partial charge in [0.1, 0.15) is 11.5 Å². The van der Waals surface area contributed by atoms with Crippen molar-refractivity contribution in [2.24, 2.45) is 0 Å². The van der Waals surface area contributed by atoms with Crippen LogP contribution in [0, 0.1) is 0 Å². The minimum absolute atomic E-state index is 0.183. The zero-order valence-electron chi connectivity index (χ0n) is 16.6. The molecule has 0 radical (unpaired) electrons. The highest BCUT2D eigenvalue weighted by molar-refractivity contribution is 5.92. The van der Waals surface area contributed by atoms with Crippen LogP contribution in [-0.2, 0) is 6.42 Å². The Hall–Kier alpha value is -3.68. The first kappa shape index (κ1) is 20.1. The van der Waals surface area contributed by atoms with Gasteiger partial charge in [0.25, 0.3) is 5.91 Å². The van der Waals surface area contributed by atoms with Crippen LogP contribution in [0.5, 0.6) is 11.5 Å². The number of ether oxygens (including phenoxy) is 2. The van der Waals surface area contributed by atoms with E-state index in [4.69, 9.17) is 9.47 Å². The Balaban J connectivity index is 1.64. The fourth-order valence-corrected chi connectivity index (χ4v) is 2.71. The van der Waals surface area contributed by atoms with E-state index < -0.39 is 0 Å². The minimum Gasteiger partial charge on any atom is -0.497 e. The van der Waals surface area contributed by atoms with Gasteiger partial charge in [-0.05, 0) is 48.4 Å².